The number of hydrogen-bond donors (Lipinski definition) is 3. The second-order valence-corrected chi connectivity index (χ2v) is 3.73. The third-order valence-corrected chi connectivity index (χ3v) is 2.03. The molecule has 2 unspecified atom stereocenters. The van der Waals surface area contributed by atoms with Crippen molar-refractivity contribution in [2.75, 3.05) is 5.32 Å². The molecule has 88 valence electrons. The second kappa shape index (κ2) is 5.41. The number of carboxylic acid groups (broad SMARTS) is 1. The van der Waals surface area contributed by atoms with Gasteiger partial charge in [0.05, 0.1) is 12.3 Å². The molecule has 6 heteroatoms. The highest BCUT2D eigenvalue weighted by Crippen LogP contribution is 2.12. The summed E-state index contributed by atoms with van der Waals surface area (Å²) in [6.07, 6.45) is 1.39. The van der Waals surface area contributed by atoms with Crippen LogP contribution in [0.4, 0.5) is 5.82 Å². The molecule has 0 spiro atoms. The van der Waals surface area contributed by atoms with E-state index in [9.17, 15) is 9.90 Å². The van der Waals surface area contributed by atoms with Gasteiger partial charge < -0.3 is 15.5 Å². The molecule has 2 atom stereocenters. The monoisotopic (exact) mass is 225 g/mol. The SMILES string of the molecule is CC(O)CC(C)Nc1nnccc1C(=O)O. The number of nitrogens with zero attached hydrogens (tertiary/aromatic N) is 2. The number of aliphatic hydroxyl groups is 1. The van der Waals surface area contributed by atoms with Crippen LogP contribution in [0.15, 0.2) is 12.3 Å². The van der Waals surface area contributed by atoms with Crippen LogP contribution in [0, 0.1) is 0 Å². The summed E-state index contributed by atoms with van der Waals surface area (Å²) < 4.78 is 0. The van der Waals surface area contributed by atoms with Gasteiger partial charge >= 0.3 is 5.97 Å². The van der Waals surface area contributed by atoms with E-state index in [-0.39, 0.29) is 17.4 Å². The van der Waals surface area contributed by atoms with Gasteiger partial charge in [-0.3, -0.25) is 0 Å². The molecule has 1 aromatic heterocycles. The Kier molecular flexibility index (Phi) is 4.19. The van der Waals surface area contributed by atoms with Gasteiger partial charge in [-0.25, -0.2) is 4.79 Å². The fourth-order valence-corrected chi connectivity index (χ4v) is 1.41. The van der Waals surface area contributed by atoms with E-state index in [1.165, 1.54) is 12.3 Å². The van der Waals surface area contributed by atoms with E-state index in [0.29, 0.717) is 6.42 Å². The Hall–Kier alpha value is -1.69. The maximum absolute atomic E-state index is 10.9. The fourth-order valence-electron chi connectivity index (χ4n) is 1.41. The molecular formula is C10H15N3O3. The number of carboxylic acids is 1. The summed E-state index contributed by atoms with van der Waals surface area (Å²) >= 11 is 0. The highest BCUT2D eigenvalue weighted by atomic mass is 16.4. The van der Waals surface area contributed by atoms with Crippen molar-refractivity contribution in [1.29, 1.82) is 0 Å². The lowest BCUT2D eigenvalue weighted by molar-refractivity contribution is 0.0697. The Labute approximate surface area is 93.3 Å². The van der Waals surface area contributed by atoms with Gasteiger partial charge in [0.15, 0.2) is 5.82 Å². The number of carbonyl (C=O) groups is 1. The number of anilines is 1. The molecule has 0 amide bonds. The molecule has 0 radical (unpaired) electrons. The normalized spacial score (nSPS) is 14.2. The van der Waals surface area contributed by atoms with E-state index < -0.39 is 12.1 Å². The molecule has 6 nitrogen and oxygen atoms in total. The summed E-state index contributed by atoms with van der Waals surface area (Å²) in [6, 6.07) is 1.31. The Balaban J connectivity index is 2.76. The quantitative estimate of drug-likeness (QED) is 0.684. The molecule has 0 bridgehead atoms. The van der Waals surface area contributed by atoms with Crippen molar-refractivity contribution in [2.24, 2.45) is 0 Å². The van der Waals surface area contributed by atoms with Crippen LogP contribution in [0.25, 0.3) is 0 Å². The summed E-state index contributed by atoms with van der Waals surface area (Å²) in [4.78, 5) is 10.9. The molecule has 16 heavy (non-hydrogen) atoms. The van der Waals surface area contributed by atoms with Gasteiger partial charge in [-0.2, -0.15) is 5.10 Å². The van der Waals surface area contributed by atoms with Crippen molar-refractivity contribution in [3.63, 3.8) is 0 Å². The molecule has 0 aliphatic rings. The van der Waals surface area contributed by atoms with Gasteiger partial charge in [0.2, 0.25) is 0 Å². The third-order valence-electron chi connectivity index (χ3n) is 2.03. The van der Waals surface area contributed by atoms with Crippen LogP contribution in [0.5, 0.6) is 0 Å². The summed E-state index contributed by atoms with van der Waals surface area (Å²) in [7, 11) is 0. The average Bonchev–Trinajstić information content (AvgIpc) is 2.16. The van der Waals surface area contributed by atoms with Gasteiger partial charge in [-0.05, 0) is 26.3 Å². The minimum absolute atomic E-state index is 0.0743. The molecule has 0 fully saturated rings. The number of aromatic carboxylic acids is 1. The van der Waals surface area contributed by atoms with Crippen molar-refractivity contribution in [3.8, 4) is 0 Å². The number of aromatic nitrogens is 2. The Morgan fingerprint density at radius 3 is 2.81 bits per heavy atom. The van der Waals surface area contributed by atoms with Gasteiger partial charge in [0.25, 0.3) is 0 Å². The van der Waals surface area contributed by atoms with Crippen molar-refractivity contribution in [1.82, 2.24) is 10.2 Å². The first kappa shape index (κ1) is 12.4. The van der Waals surface area contributed by atoms with Crippen LogP contribution < -0.4 is 5.32 Å². The minimum atomic E-state index is -1.05. The lowest BCUT2D eigenvalue weighted by atomic mass is 10.1. The lowest BCUT2D eigenvalue weighted by Crippen LogP contribution is -2.23. The average molecular weight is 225 g/mol. The molecule has 0 saturated carbocycles. The van der Waals surface area contributed by atoms with Crippen LogP contribution >= 0.6 is 0 Å². The standard InChI is InChI=1S/C10H15N3O3/c1-6(5-7(2)14)12-9-8(10(15)16)3-4-11-13-9/h3-4,6-7,14H,5H2,1-2H3,(H,12,13)(H,15,16). The Morgan fingerprint density at radius 1 is 1.56 bits per heavy atom. The Morgan fingerprint density at radius 2 is 2.25 bits per heavy atom. The third kappa shape index (κ3) is 3.47. The molecular weight excluding hydrogens is 210 g/mol. The minimum Gasteiger partial charge on any atom is -0.478 e. The van der Waals surface area contributed by atoms with E-state index >= 15 is 0 Å². The number of hydrogen-bond acceptors (Lipinski definition) is 5. The van der Waals surface area contributed by atoms with Crippen LogP contribution in [-0.2, 0) is 0 Å². The zero-order valence-corrected chi connectivity index (χ0v) is 9.21. The largest absolute Gasteiger partial charge is 0.478 e. The number of aliphatic hydroxyl groups excluding tert-OH is 1. The predicted octanol–water partition coefficient (Wildman–Crippen LogP) is 0.746. The second-order valence-electron chi connectivity index (χ2n) is 3.73. The maximum atomic E-state index is 10.9. The summed E-state index contributed by atoms with van der Waals surface area (Å²) in [5.74, 6) is -0.829. The highest BCUT2D eigenvalue weighted by Gasteiger charge is 2.14. The molecule has 1 heterocycles. The van der Waals surface area contributed by atoms with Crippen molar-refractivity contribution in [3.05, 3.63) is 17.8 Å². The number of rotatable bonds is 5. The van der Waals surface area contributed by atoms with E-state index in [0.717, 1.165) is 0 Å². The zero-order chi connectivity index (χ0) is 12.1. The first-order valence-corrected chi connectivity index (χ1v) is 5.00. The number of nitrogens with one attached hydrogen (secondary N) is 1. The fraction of sp³-hybridized carbons (Fsp3) is 0.500. The predicted molar refractivity (Wildman–Crippen MR) is 58.4 cm³/mol. The van der Waals surface area contributed by atoms with Gasteiger partial charge in [0.1, 0.15) is 5.56 Å². The summed E-state index contributed by atoms with van der Waals surface area (Å²) in [5, 5.41) is 28.3. The Bertz CT molecular complexity index is 368. The van der Waals surface area contributed by atoms with E-state index in [1.54, 1.807) is 6.92 Å². The van der Waals surface area contributed by atoms with Crippen LogP contribution in [0.1, 0.15) is 30.6 Å². The van der Waals surface area contributed by atoms with E-state index in [2.05, 4.69) is 15.5 Å². The molecule has 1 rings (SSSR count). The highest BCUT2D eigenvalue weighted by molar-refractivity contribution is 5.92. The van der Waals surface area contributed by atoms with Gasteiger partial charge in [-0.1, -0.05) is 0 Å². The van der Waals surface area contributed by atoms with Crippen molar-refractivity contribution < 1.29 is 15.0 Å². The summed E-state index contributed by atoms with van der Waals surface area (Å²) in [5.41, 5.74) is 0.0763. The lowest BCUT2D eigenvalue weighted by Gasteiger charge is -2.16. The van der Waals surface area contributed by atoms with E-state index in [4.69, 9.17) is 5.11 Å². The first-order valence-electron chi connectivity index (χ1n) is 5.00. The summed E-state index contributed by atoms with van der Waals surface area (Å²) in [6.45, 7) is 3.51. The van der Waals surface area contributed by atoms with Crippen LogP contribution in [-0.4, -0.2) is 38.5 Å². The molecule has 1 aromatic rings. The molecule has 0 saturated heterocycles. The maximum Gasteiger partial charge on any atom is 0.339 e. The van der Waals surface area contributed by atoms with E-state index in [1.807, 2.05) is 6.92 Å². The smallest absolute Gasteiger partial charge is 0.339 e. The molecule has 3 N–H and O–H groups in total. The van der Waals surface area contributed by atoms with Gasteiger partial charge in [-0.15, -0.1) is 5.10 Å². The van der Waals surface area contributed by atoms with Crippen LogP contribution in [0.2, 0.25) is 0 Å². The van der Waals surface area contributed by atoms with Gasteiger partial charge in [0, 0.05) is 6.04 Å². The topological polar surface area (TPSA) is 95.3 Å². The van der Waals surface area contributed by atoms with Crippen molar-refractivity contribution in [2.45, 2.75) is 32.4 Å². The molecule has 0 aromatic carbocycles. The van der Waals surface area contributed by atoms with Crippen LogP contribution in [0.3, 0.4) is 0 Å². The zero-order valence-electron chi connectivity index (χ0n) is 9.21. The van der Waals surface area contributed by atoms with Crippen molar-refractivity contribution >= 4 is 11.8 Å². The molecule has 0 aliphatic carbocycles. The molecule has 0 aliphatic heterocycles. The first-order chi connectivity index (χ1) is 7.50.